The van der Waals surface area contributed by atoms with Gasteiger partial charge in [-0.25, -0.2) is 22.9 Å². The number of carbonyl (C=O) groups is 1. The van der Waals surface area contributed by atoms with Crippen LogP contribution in [0.1, 0.15) is 20.4 Å². The number of hydrogen-bond donors (Lipinski definition) is 2. The highest BCUT2D eigenvalue weighted by Gasteiger charge is 2.18. The average molecular weight is 392 g/mol. The first-order valence-corrected chi connectivity index (χ1v) is 8.68. The van der Waals surface area contributed by atoms with Gasteiger partial charge in [-0.05, 0) is 28.9 Å². The van der Waals surface area contributed by atoms with Gasteiger partial charge in [-0.3, -0.25) is 4.98 Å². The molecule has 0 unspecified atom stereocenters. The number of nitrogens with zero attached hydrogens (tertiary/aromatic N) is 2. The minimum absolute atomic E-state index is 0.0172. The predicted molar refractivity (Wildman–Crippen MR) is 79.8 cm³/mol. The van der Waals surface area contributed by atoms with Crippen LogP contribution in [0.25, 0.3) is 0 Å². The van der Waals surface area contributed by atoms with Crippen LogP contribution in [0.4, 0.5) is 0 Å². The SMILES string of the molecule is Cc1nc(CNS(=O)(=O)c2cncc(Br)c2)sc1C(=O)O. The van der Waals surface area contributed by atoms with E-state index in [9.17, 15) is 13.2 Å². The van der Waals surface area contributed by atoms with Gasteiger partial charge in [-0.1, -0.05) is 0 Å². The number of halogens is 1. The zero-order valence-electron chi connectivity index (χ0n) is 10.7. The summed E-state index contributed by atoms with van der Waals surface area (Å²) >= 11 is 4.09. The molecule has 0 saturated carbocycles. The highest BCUT2D eigenvalue weighted by molar-refractivity contribution is 9.10. The normalized spacial score (nSPS) is 11.5. The second-order valence-electron chi connectivity index (χ2n) is 3.99. The van der Waals surface area contributed by atoms with Crippen LogP contribution in [0.15, 0.2) is 27.8 Å². The van der Waals surface area contributed by atoms with Crippen LogP contribution in [-0.4, -0.2) is 29.5 Å². The van der Waals surface area contributed by atoms with Crippen LogP contribution >= 0.6 is 27.3 Å². The van der Waals surface area contributed by atoms with Crippen molar-refractivity contribution in [2.75, 3.05) is 0 Å². The number of sulfonamides is 1. The molecular weight excluding hydrogens is 382 g/mol. The molecule has 0 aromatic carbocycles. The second-order valence-corrected chi connectivity index (χ2v) is 7.76. The Balaban J connectivity index is 2.15. The van der Waals surface area contributed by atoms with Crippen LogP contribution < -0.4 is 4.72 Å². The molecule has 2 rings (SSSR count). The Labute approximate surface area is 133 Å². The Bertz CT molecular complexity index is 789. The zero-order chi connectivity index (χ0) is 15.6. The number of thiazole rings is 1. The summed E-state index contributed by atoms with van der Waals surface area (Å²) < 4.78 is 27.1. The lowest BCUT2D eigenvalue weighted by Gasteiger charge is -2.04. The number of hydrogen-bond acceptors (Lipinski definition) is 6. The second kappa shape index (κ2) is 6.18. The quantitative estimate of drug-likeness (QED) is 0.803. The first-order chi connectivity index (χ1) is 9.79. The molecule has 0 atom stereocenters. The number of nitrogens with one attached hydrogen (secondary N) is 1. The van der Waals surface area contributed by atoms with E-state index in [4.69, 9.17) is 5.11 Å². The Morgan fingerprint density at radius 1 is 1.48 bits per heavy atom. The molecule has 0 aliphatic rings. The standard InChI is InChI=1S/C11H10BrN3O4S2/c1-6-10(11(16)17)20-9(15-6)5-14-21(18,19)8-2-7(12)3-13-4-8/h2-4,14H,5H2,1H3,(H,16,17). The number of rotatable bonds is 5. The molecule has 10 heteroatoms. The Kier molecular flexibility index (Phi) is 4.71. The summed E-state index contributed by atoms with van der Waals surface area (Å²) in [5.74, 6) is -1.07. The maximum atomic E-state index is 12.1. The first-order valence-electron chi connectivity index (χ1n) is 5.59. The highest BCUT2D eigenvalue weighted by Crippen LogP contribution is 2.19. The van der Waals surface area contributed by atoms with E-state index in [1.807, 2.05) is 0 Å². The fourth-order valence-corrected chi connectivity index (χ4v) is 3.93. The lowest BCUT2D eigenvalue weighted by molar-refractivity contribution is 0.0701. The van der Waals surface area contributed by atoms with E-state index >= 15 is 0 Å². The van der Waals surface area contributed by atoms with Gasteiger partial charge < -0.3 is 5.11 Å². The highest BCUT2D eigenvalue weighted by atomic mass is 79.9. The van der Waals surface area contributed by atoms with Crippen LogP contribution in [0, 0.1) is 6.92 Å². The lowest BCUT2D eigenvalue weighted by atomic mass is 10.4. The number of carboxylic acid groups (broad SMARTS) is 1. The molecule has 21 heavy (non-hydrogen) atoms. The molecule has 0 saturated heterocycles. The van der Waals surface area contributed by atoms with Crippen molar-refractivity contribution in [3.05, 3.63) is 38.5 Å². The monoisotopic (exact) mass is 391 g/mol. The maximum absolute atomic E-state index is 12.1. The largest absolute Gasteiger partial charge is 0.477 e. The van der Waals surface area contributed by atoms with Gasteiger partial charge in [0.15, 0.2) is 0 Å². The van der Waals surface area contributed by atoms with Crippen molar-refractivity contribution in [2.45, 2.75) is 18.4 Å². The molecule has 2 aromatic heterocycles. The topological polar surface area (TPSA) is 109 Å². The number of aromatic carboxylic acids is 1. The van der Waals surface area contributed by atoms with Crippen molar-refractivity contribution in [3.8, 4) is 0 Å². The van der Waals surface area contributed by atoms with Gasteiger partial charge in [0.25, 0.3) is 0 Å². The molecule has 0 radical (unpaired) electrons. The van der Waals surface area contributed by atoms with Crippen molar-refractivity contribution in [1.29, 1.82) is 0 Å². The summed E-state index contributed by atoms with van der Waals surface area (Å²) in [5, 5.41) is 9.32. The molecule has 2 heterocycles. The molecule has 112 valence electrons. The molecule has 0 amide bonds. The van der Waals surface area contributed by atoms with E-state index in [1.54, 1.807) is 6.92 Å². The van der Waals surface area contributed by atoms with Crippen LogP contribution in [-0.2, 0) is 16.6 Å². The molecule has 0 fully saturated rings. The molecule has 7 nitrogen and oxygen atoms in total. The maximum Gasteiger partial charge on any atom is 0.347 e. The molecule has 2 N–H and O–H groups in total. The summed E-state index contributed by atoms with van der Waals surface area (Å²) in [5.41, 5.74) is 0.367. The summed E-state index contributed by atoms with van der Waals surface area (Å²) in [4.78, 5) is 18.9. The molecule has 0 bridgehead atoms. The van der Waals surface area contributed by atoms with Gasteiger partial charge in [0, 0.05) is 16.9 Å². The lowest BCUT2D eigenvalue weighted by Crippen LogP contribution is -2.23. The molecule has 0 aliphatic heterocycles. The minimum Gasteiger partial charge on any atom is -0.477 e. The Morgan fingerprint density at radius 2 is 2.19 bits per heavy atom. The third kappa shape index (κ3) is 3.84. The van der Waals surface area contributed by atoms with Crippen molar-refractivity contribution >= 4 is 43.3 Å². The number of pyridine rings is 1. The minimum atomic E-state index is -3.73. The van der Waals surface area contributed by atoms with E-state index in [-0.39, 0.29) is 16.3 Å². The fraction of sp³-hybridized carbons (Fsp3) is 0.182. The first kappa shape index (κ1) is 16.0. The predicted octanol–water partition coefficient (Wildman–Crippen LogP) is 1.79. The van der Waals surface area contributed by atoms with Gasteiger partial charge in [0.05, 0.1) is 12.2 Å². The van der Waals surface area contributed by atoms with Crippen molar-refractivity contribution < 1.29 is 18.3 Å². The third-order valence-electron chi connectivity index (χ3n) is 2.44. The summed E-state index contributed by atoms with van der Waals surface area (Å²) in [6.45, 7) is 1.49. The fourth-order valence-electron chi connectivity index (χ4n) is 1.51. The van der Waals surface area contributed by atoms with Crippen molar-refractivity contribution in [3.63, 3.8) is 0 Å². The Morgan fingerprint density at radius 3 is 2.76 bits per heavy atom. The third-order valence-corrected chi connectivity index (χ3v) is 5.39. The summed E-state index contributed by atoms with van der Waals surface area (Å²) in [6.07, 6.45) is 2.70. The number of carboxylic acids is 1. The van der Waals surface area contributed by atoms with Gasteiger partial charge in [0.1, 0.15) is 14.8 Å². The smallest absolute Gasteiger partial charge is 0.347 e. The van der Waals surface area contributed by atoms with Crippen molar-refractivity contribution in [2.24, 2.45) is 0 Å². The van der Waals surface area contributed by atoms with Crippen molar-refractivity contribution in [1.82, 2.24) is 14.7 Å². The Hall–Kier alpha value is -1.36. The van der Waals surface area contributed by atoms with Gasteiger partial charge >= 0.3 is 5.97 Å². The number of aryl methyl sites for hydroxylation is 1. The van der Waals surface area contributed by atoms with E-state index in [1.165, 1.54) is 18.5 Å². The molecule has 0 aliphatic carbocycles. The average Bonchev–Trinajstić information content (AvgIpc) is 2.78. The van der Waals surface area contributed by atoms with Gasteiger partial charge in [-0.15, -0.1) is 11.3 Å². The van der Waals surface area contributed by atoms with E-state index in [2.05, 4.69) is 30.6 Å². The van der Waals surface area contributed by atoms with Crippen LogP contribution in [0.3, 0.4) is 0 Å². The molecule has 2 aromatic rings. The molecule has 0 spiro atoms. The molecular formula is C11H10BrN3O4S2. The van der Waals surface area contributed by atoms with E-state index < -0.39 is 16.0 Å². The summed E-state index contributed by atoms with van der Waals surface area (Å²) in [7, 11) is -3.73. The van der Waals surface area contributed by atoms with Crippen LogP contribution in [0.2, 0.25) is 0 Å². The van der Waals surface area contributed by atoms with E-state index in [0.29, 0.717) is 15.2 Å². The van der Waals surface area contributed by atoms with Gasteiger partial charge in [-0.2, -0.15) is 0 Å². The van der Waals surface area contributed by atoms with Crippen LogP contribution in [0.5, 0.6) is 0 Å². The van der Waals surface area contributed by atoms with Gasteiger partial charge in [0.2, 0.25) is 10.0 Å². The number of aromatic nitrogens is 2. The van der Waals surface area contributed by atoms with E-state index in [0.717, 1.165) is 11.3 Å². The summed E-state index contributed by atoms with van der Waals surface area (Å²) in [6, 6.07) is 1.42. The zero-order valence-corrected chi connectivity index (χ0v) is 13.9.